The summed E-state index contributed by atoms with van der Waals surface area (Å²) in [5.74, 6) is 0.728. The molecule has 0 saturated heterocycles. The molecule has 0 aromatic heterocycles. The number of nitrogens with zero attached hydrogens (tertiary/aromatic N) is 2. The van der Waals surface area contributed by atoms with E-state index in [0.29, 0.717) is 37.6 Å². The summed E-state index contributed by atoms with van der Waals surface area (Å²) >= 11 is 0. The van der Waals surface area contributed by atoms with Crippen molar-refractivity contribution in [3.05, 3.63) is 35.4 Å². The highest BCUT2D eigenvalue weighted by Crippen LogP contribution is 2.07. The molecule has 28 heavy (non-hydrogen) atoms. The van der Waals surface area contributed by atoms with Crippen molar-refractivity contribution in [2.75, 3.05) is 39.5 Å². The van der Waals surface area contributed by atoms with Crippen LogP contribution in [0.25, 0.3) is 0 Å². The van der Waals surface area contributed by atoms with Gasteiger partial charge in [-0.05, 0) is 38.0 Å². The van der Waals surface area contributed by atoms with Crippen molar-refractivity contribution < 1.29 is 13.2 Å². The molecular weight excluding hydrogens is 493 g/mol. The monoisotopic (exact) mass is 525 g/mol. The van der Waals surface area contributed by atoms with Crippen LogP contribution in [0, 0.1) is 0 Å². The highest BCUT2D eigenvalue weighted by atomic mass is 127. The third-order valence-corrected chi connectivity index (χ3v) is 5.12. The van der Waals surface area contributed by atoms with Gasteiger partial charge in [-0.3, -0.25) is 4.79 Å². The van der Waals surface area contributed by atoms with E-state index in [1.165, 1.54) is 0 Å². The van der Waals surface area contributed by atoms with Gasteiger partial charge in [0, 0.05) is 39.3 Å². The summed E-state index contributed by atoms with van der Waals surface area (Å²) in [6.07, 6.45) is 0.658. The van der Waals surface area contributed by atoms with Gasteiger partial charge in [0.1, 0.15) is 0 Å². The number of nitrogens with one attached hydrogen (secondary N) is 3. The van der Waals surface area contributed by atoms with Crippen LogP contribution in [0.1, 0.15) is 36.2 Å². The Hall–Kier alpha value is -1.40. The van der Waals surface area contributed by atoms with E-state index in [1.54, 1.807) is 38.1 Å². The Morgan fingerprint density at radius 1 is 1.07 bits per heavy atom. The molecule has 0 bridgehead atoms. The number of rotatable bonds is 10. The van der Waals surface area contributed by atoms with E-state index in [9.17, 15) is 13.2 Å². The fourth-order valence-corrected chi connectivity index (χ4v) is 2.81. The molecule has 3 N–H and O–H groups in total. The maximum atomic E-state index is 11.9. The fourth-order valence-electron chi connectivity index (χ4n) is 2.15. The minimum atomic E-state index is -3.14. The molecule has 0 aliphatic carbocycles. The van der Waals surface area contributed by atoms with Crippen LogP contribution >= 0.6 is 24.0 Å². The average molecular weight is 525 g/mol. The molecule has 0 atom stereocenters. The second-order valence-electron chi connectivity index (χ2n) is 6.17. The van der Waals surface area contributed by atoms with E-state index in [1.807, 2.05) is 19.1 Å². The van der Waals surface area contributed by atoms with Gasteiger partial charge in [0.25, 0.3) is 5.91 Å². The minimum Gasteiger partial charge on any atom is -0.357 e. The first-order chi connectivity index (χ1) is 12.8. The summed E-state index contributed by atoms with van der Waals surface area (Å²) in [6.45, 7) is 5.80. The number of guanidine groups is 1. The first-order valence-corrected chi connectivity index (χ1v) is 10.7. The van der Waals surface area contributed by atoms with Gasteiger partial charge in [-0.25, -0.2) is 18.1 Å². The summed E-state index contributed by atoms with van der Waals surface area (Å²) < 4.78 is 25.3. The molecule has 8 nitrogen and oxygen atoms in total. The van der Waals surface area contributed by atoms with Crippen molar-refractivity contribution in [3.63, 3.8) is 0 Å². The second kappa shape index (κ2) is 13.7. The standard InChI is InChI=1S/C18H31N5O3S.HI/c1-5-19-18(20-12-7-13-22-27(25,26)6-2)21-14-15-8-10-16(11-9-15)17(24)23(3)4;/h8-11,22H,5-7,12-14H2,1-4H3,(H2,19,20,21);1H. The van der Waals surface area contributed by atoms with Crippen LogP contribution in [0.3, 0.4) is 0 Å². The minimum absolute atomic E-state index is 0. The molecule has 0 spiro atoms. The van der Waals surface area contributed by atoms with Crippen LogP contribution in [0.4, 0.5) is 0 Å². The van der Waals surface area contributed by atoms with Crippen molar-refractivity contribution in [2.45, 2.75) is 26.8 Å². The third kappa shape index (κ3) is 10.2. The van der Waals surface area contributed by atoms with Crippen LogP contribution in [0.2, 0.25) is 0 Å². The Labute approximate surface area is 185 Å². The van der Waals surface area contributed by atoms with E-state index in [0.717, 1.165) is 12.1 Å². The van der Waals surface area contributed by atoms with Crippen molar-refractivity contribution in [1.29, 1.82) is 0 Å². The van der Waals surface area contributed by atoms with Gasteiger partial charge in [-0.2, -0.15) is 0 Å². The van der Waals surface area contributed by atoms with E-state index in [2.05, 4.69) is 20.3 Å². The van der Waals surface area contributed by atoms with E-state index in [4.69, 9.17) is 0 Å². The SMILES string of the molecule is CCNC(=NCc1ccc(C(=O)N(C)C)cc1)NCCCNS(=O)(=O)CC.I. The van der Waals surface area contributed by atoms with Crippen molar-refractivity contribution in [1.82, 2.24) is 20.3 Å². The molecule has 0 radical (unpaired) electrons. The van der Waals surface area contributed by atoms with Crippen molar-refractivity contribution in [3.8, 4) is 0 Å². The number of halogens is 1. The molecule has 160 valence electrons. The highest BCUT2D eigenvalue weighted by Gasteiger charge is 2.07. The number of hydrogen-bond donors (Lipinski definition) is 3. The third-order valence-electron chi connectivity index (χ3n) is 3.72. The van der Waals surface area contributed by atoms with Gasteiger partial charge in [0.2, 0.25) is 10.0 Å². The van der Waals surface area contributed by atoms with Crippen LogP contribution in [-0.4, -0.2) is 64.7 Å². The second-order valence-corrected chi connectivity index (χ2v) is 8.27. The van der Waals surface area contributed by atoms with Gasteiger partial charge in [0.05, 0.1) is 12.3 Å². The molecule has 0 aliphatic heterocycles. The topological polar surface area (TPSA) is 103 Å². The average Bonchev–Trinajstić information content (AvgIpc) is 2.65. The lowest BCUT2D eigenvalue weighted by molar-refractivity contribution is 0.0827. The van der Waals surface area contributed by atoms with Crippen molar-refractivity contribution >= 4 is 45.9 Å². The molecule has 0 aliphatic rings. The van der Waals surface area contributed by atoms with Crippen LogP contribution < -0.4 is 15.4 Å². The quantitative estimate of drug-likeness (QED) is 0.186. The maximum Gasteiger partial charge on any atom is 0.253 e. The number of carbonyl (C=O) groups is 1. The zero-order valence-corrected chi connectivity index (χ0v) is 20.1. The number of amides is 1. The predicted molar refractivity (Wildman–Crippen MR) is 125 cm³/mol. The summed E-state index contributed by atoms with van der Waals surface area (Å²) in [4.78, 5) is 18.0. The lowest BCUT2D eigenvalue weighted by Crippen LogP contribution is -2.38. The number of aliphatic imine (C=N–C) groups is 1. The molecule has 0 fully saturated rings. The van der Waals surface area contributed by atoms with Crippen molar-refractivity contribution in [2.24, 2.45) is 4.99 Å². The van der Waals surface area contributed by atoms with Gasteiger partial charge in [-0.15, -0.1) is 24.0 Å². The summed E-state index contributed by atoms with van der Waals surface area (Å²) in [6, 6.07) is 7.38. The normalized spacial score (nSPS) is 11.5. The molecule has 0 heterocycles. The molecule has 1 rings (SSSR count). The molecule has 10 heteroatoms. The fraction of sp³-hybridized carbons (Fsp3) is 0.556. The van der Waals surface area contributed by atoms with E-state index < -0.39 is 10.0 Å². The Bertz CT molecular complexity index is 721. The molecule has 1 aromatic rings. The lowest BCUT2D eigenvalue weighted by Gasteiger charge is -2.12. The van der Waals surface area contributed by atoms with Crippen LogP contribution in [0.5, 0.6) is 0 Å². The zero-order chi connectivity index (χ0) is 20.3. The lowest BCUT2D eigenvalue weighted by atomic mass is 10.1. The Morgan fingerprint density at radius 2 is 1.71 bits per heavy atom. The number of carbonyl (C=O) groups excluding carboxylic acids is 1. The Balaban J connectivity index is 0.00000729. The van der Waals surface area contributed by atoms with Gasteiger partial charge < -0.3 is 15.5 Å². The van der Waals surface area contributed by atoms with E-state index >= 15 is 0 Å². The van der Waals surface area contributed by atoms with Crippen LogP contribution in [0.15, 0.2) is 29.3 Å². The first kappa shape index (κ1) is 26.6. The van der Waals surface area contributed by atoms with Crippen LogP contribution in [-0.2, 0) is 16.6 Å². The van der Waals surface area contributed by atoms with E-state index in [-0.39, 0.29) is 35.6 Å². The maximum absolute atomic E-state index is 11.9. The number of benzene rings is 1. The molecule has 1 amide bonds. The molecule has 1 aromatic carbocycles. The highest BCUT2D eigenvalue weighted by molar-refractivity contribution is 14.0. The first-order valence-electron chi connectivity index (χ1n) is 9.09. The number of hydrogen-bond acceptors (Lipinski definition) is 4. The summed E-state index contributed by atoms with van der Waals surface area (Å²) in [5, 5.41) is 6.34. The summed E-state index contributed by atoms with van der Waals surface area (Å²) in [7, 11) is 0.306. The molecular formula is C18H32IN5O3S. The largest absolute Gasteiger partial charge is 0.357 e. The summed E-state index contributed by atoms with van der Waals surface area (Å²) in [5.41, 5.74) is 1.64. The van der Waals surface area contributed by atoms with Gasteiger partial charge in [0.15, 0.2) is 5.96 Å². The smallest absolute Gasteiger partial charge is 0.253 e. The predicted octanol–water partition coefficient (Wildman–Crippen LogP) is 1.39. The van der Waals surface area contributed by atoms with Gasteiger partial charge in [-0.1, -0.05) is 12.1 Å². The molecule has 0 saturated carbocycles. The number of sulfonamides is 1. The zero-order valence-electron chi connectivity index (χ0n) is 17.0. The molecule has 0 unspecified atom stereocenters. The Morgan fingerprint density at radius 3 is 2.25 bits per heavy atom. The van der Waals surface area contributed by atoms with Gasteiger partial charge >= 0.3 is 0 Å². The Kier molecular flexibility index (Phi) is 13.0.